The second-order valence-corrected chi connectivity index (χ2v) is 7.41. The predicted molar refractivity (Wildman–Crippen MR) is 106 cm³/mol. The van der Waals surface area contributed by atoms with Gasteiger partial charge in [0.15, 0.2) is 0 Å². The lowest BCUT2D eigenvalue weighted by atomic mass is 10.0. The molecular formula is C22H26N2O2. The number of carbonyl (C=O) groups is 2. The third-order valence-electron chi connectivity index (χ3n) is 5.14. The number of hydrogen-bond donors (Lipinski definition) is 1. The van der Waals surface area contributed by atoms with Crippen LogP contribution in [-0.4, -0.2) is 18.4 Å². The van der Waals surface area contributed by atoms with Gasteiger partial charge in [-0.15, -0.1) is 0 Å². The lowest BCUT2D eigenvalue weighted by Gasteiger charge is -2.19. The molecule has 4 nitrogen and oxygen atoms in total. The summed E-state index contributed by atoms with van der Waals surface area (Å²) in [6.07, 6.45) is 0.253. The van der Waals surface area contributed by atoms with Crippen LogP contribution in [0.1, 0.15) is 42.9 Å². The van der Waals surface area contributed by atoms with Crippen LogP contribution < -0.4 is 10.2 Å². The summed E-state index contributed by atoms with van der Waals surface area (Å²) < 4.78 is 0. The number of rotatable bonds is 4. The van der Waals surface area contributed by atoms with E-state index < -0.39 is 0 Å². The van der Waals surface area contributed by atoms with Gasteiger partial charge in [-0.25, -0.2) is 0 Å². The Bertz CT molecular complexity index is 842. The van der Waals surface area contributed by atoms with Gasteiger partial charge < -0.3 is 10.2 Å². The van der Waals surface area contributed by atoms with Crippen molar-refractivity contribution in [3.05, 3.63) is 59.2 Å². The van der Waals surface area contributed by atoms with Gasteiger partial charge in [0.25, 0.3) is 0 Å². The molecule has 4 heteroatoms. The minimum atomic E-state index is -0.329. The number of nitrogens with zero attached hydrogens (tertiary/aromatic N) is 1. The van der Waals surface area contributed by atoms with E-state index in [1.165, 1.54) is 5.56 Å². The van der Waals surface area contributed by atoms with Gasteiger partial charge in [0.2, 0.25) is 11.8 Å². The highest BCUT2D eigenvalue weighted by Crippen LogP contribution is 2.29. The monoisotopic (exact) mass is 350 g/mol. The summed E-state index contributed by atoms with van der Waals surface area (Å²) in [5, 5.41) is 3.03. The molecule has 1 N–H and O–H groups in total. The van der Waals surface area contributed by atoms with Gasteiger partial charge in [-0.1, -0.05) is 38.1 Å². The van der Waals surface area contributed by atoms with Gasteiger partial charge in [0.05, 0.1) is 5.92 Å². The molecule has 0 aromatic heterocycles. The van der Waals surface area contributed by atoms with Gasteiger partial charge in [-0.3, -0.25) is 9.59 Å². The molecule has 0 bridgehead atoms. The van der Waals surface area contributed by atoms with Crippen molar-refractivity contribution in [1.82, 2.24) is 0 Å². The summed E-state index contributed by atoms with van der Waals surface area (Å²) in [4.78, 5) is 26.9. The Kier molecular flexibility index (Phi) is 5.12. The Hall–Kier alpha value is -2.62. The second kappa shape index (κ2) is 7.32. The number of hydrogen-bond acceptors (Lipinski definition) is 2. The zero-order valence-corrected chi connectivity index (χ0v) is 15.9. The summed E-state index contributed by atoms with van der Waals surface area (Å²) in [7, 11) is 0. The average molecular weight is 350 g/mol. The highest BCUT2D eigenvalue weighted by Gasteiger charge is 2.35. The van der Waals surface area contributed by atoms with Gasteiger partial charge in [0, 0.05) is 24.3 Å². The molecule has 0 aliphatic carbocycles. The molecule has 0 unspecified atom stereocenters. The number of aryl methyl sites for hydroxylation is 2. The zero-order valence-electron chi connectivity index (χ0n) is 15.9. The molecule has 3 rings (SSSR count). The molecule has 1 fully saturated rings. The number of nitrogens with one attached hydrogen (secondary N) is 1. The first-order valence-electron chi connectivity index (χ1n) is 9.14. The van der Waals surface area contributed by atoms with Crippen LogP contribution in [0.5, 0.6) is 0 Å². The number of carbonyl (C=O) groups excluding carboxylic acids is 2. The van der Waals surface area contributed by atoms with E-state index in [1.54, 1.807) is 4.90 Å². The number of anilines is 2. The molecule has 136 valence electrons. The fourth-order valence-electron chi connectivity index (χ4n) is 3.38. The lowest BCUT2D eigenvalue weighted by Crippen LogP contribution is -2.28. The van der Waals surface area contributed by atoms with E-state index in [4.69, 9.17) is 0 Å². The molecule has 2 amide bonds. The van der Waals surface area contributed by atoms with Crippen molar-refractivity contribution in [3.63, 3.8) is 0 Å². The second-order valence-electron chi connectivity index (χ2n) is 7.41. The van der Waals surface area contributed by atoms with Crippen molar-refractivity contribution in [2.24, 2.45) is 5.92 Å². The third kappa shape index (κ3) is 3.64. The number of benzene rings is 2. The molecule has 1 heterocycles. The summed E-state index contributed by atoms with van der Waals surface area (Å²) in [5.41, 5.74) is 5.16. The molecule has 1 aliphatic rings. The first-order valence-corrected chi connectivity index (χ1v) is 9.14. The first-order chi connectivity index (χ1) is 12.4. The molecule has 1 saturated heterocycles. The fraction of sp³-hybridized carbons (Fsp3) is 0.364. The summed E-state index contributed by atoms with van der Waals surface area (Å²) in [6, 6.07) is 13.8. The van der Waals surface area contributed by atoms with Gasteiger partial charge in [-0.2, -0.15) is 0 Å². The van der Waals surface area contributed by atoms with Gasteiger partial charge in [-0.05, 0) is 54.7 Å². The zero-order chi connectivity index (χ0) is 18.8. The molecule has 0 spiro atoms. The van der Waals surface area contributed by atoms with Crippen LogP contribution in [0.3, 0.4) is 0 Å². The van der Waals surface area contributed by atoms with Crippen molar-refractivity contribution in [3.8, 4) is 0 Å². The Labute approximate surface area is 155 Å². The Balaban J connectivity index is 1.74. The standard InChI is InChI=1S/C22H26N2O2/c1-14(2)19-7-5-6-8-20(19)23-22(26)17-12-21(25)24(13-17)18-10-9-15(3)16(4)11-18/h5-11,14,17H,12-13H2,1-4H3,(H,23,26)/t17-/m0/s1. The topological polar surface area (TPSA) is 49.4 Å². The molecular weight excluding hydrogens is 324 g/mol. The van der Waals surface area contributed by atoms with Crippen LogP contribution in [0, 0.1) is 19.8 Å². The van der Waals surface area contributed by atoms with E-state index in [9.17, 15) is 9.59 Å². The summed E-state index contributed by atoms with van der Waals surface area (Å²) in [6.45, 7) is 8.72. The van der Waals surface area contributed by atoms with Crippen molar-refractivity contribution in [2.75, 3.05) is 16.8 Å². The van der Waals surface area contributed by atoms with Gasteiger partial charge in [0.1, 0.15) is 0 Å². The molecule has 1 aliphatic heterocycles. The van der Waals surface area contributed by atoms with Crippen LogP contribution in [0.4, 0.5) is 11.4 Å². The molecule has 0 radical (unpaired) electrons. The van der Waals surface area contributed by atoms with E-state index in [0.717, 1.165) is 22.5 Å². The molecule has 0 saturated carbocycles. The highest BCUT2D eigenvalue weighted by molar-refractivity contribution is 6.03. The van der Waals surface area contributed by atoms with Crippen molar-refractivity contribution < 1.29 is 9.59 Å². The lowest BCUT2D eigenvalue weighted by molar-refractivity contribution is -0.122. The smallest absolute Gasteiger partial charge is 0.229 e. The molecule has 2 aromatic rings. The van der Waals surface area contributed by atoms with E-state index in [2.05, 4.69) is 19.2 Å². The SMILES string of the molecule is Cc1ccc(N2C[C@@H](C(=O)Nc3ccccc3C(C)C)CC2=O)cc1C. The minimum Gasteiger partial charge on any atom is -0.326 e. The van der Waals surface area contributed by atoms with Crippen molar-refractivity contribution in [1.29, 1.82) is 0 Å². The maximum absolute atomic E-state index is 12.7. The number of para-hydroxylation sites is 1. The molecule has 26 heavy (non-hydrogen) atoms. The quantitative estimate of drug-likeness (QED) is 0.887. The minimum absolute atomic E-state index is 0.00514. The Morgan fingerprint density at radius 1 is 1.12 bits per heavy atom. The molecule has 1 atom stereocenters. The van der Waals surface area contributed by atoms with Crippen LogP contribution in [0.2, 0.25) is 0 Å². The fourth-order valence-corrected chi connectivity index (χ4v) is 3.38. The largest absolute Gasteiger partial charge is 0.326 e. The molecule has 2 aromatic carbocycles. The van der Waals surface area contributed by atoms with Crippen LogP contribution >= 0.6 is 0 Å². The highest BCUT2D eigenvalue weighted by atomic mass is 16.2. The average Bonchev–Trinajstić information content (AvgIpc) is 2.99. The Morgan fingerprint density at radius 3 is 2.54 bits per heavy atom. The van der Waals surface area contributed by atoms with Crippen LogP contribution in [0.25, 0.3) is 0 Å². The van der Waals surface area contributed by atoms with Crippen molar-refractivity contribution >= 4 is 23.2 Å². The Morgan fingerprint density at radius 2 is 1.85 bits per heavy atom. The maximum Gasteiger partial charge on any atom is 0.229 e. The predicted octanol–water partition coefficient (Wildman–Crippen LogP) is 4.42. The van der Waals surface area contributed by atoms with E-state index >= 15 is 0 Å². The van der Waals surface area contributed by atoms with Crippen LogP contribution in [0.15, 0.2) is 42.5 Å². The maximum atomic E-state index is 12.7. The van der Waals surface area contributed by atoms with Crippen molar-refractivity contribution in [2.45, 2.75) is 40.0 Å². The van der Waals surface area contributed by atoms with E-state index in [1.807, 2.05) is 56.3 Å². The first kappa shape index (κ1) is 18.2. The normalized spacial score (nSPS) is 17.0. The third-order valence-corrected chi connectivity index (χ3v) is 5.14. The number of amides is 2. The van der Waals surface area contributed by atoms with Crippen LogP contribution in [-0.2, 0) is 9.59 Å². The summed E-state index contributed by atoms with van der Waals surface area (Å²) >= 11 is 0. The van der Waals surface area contributed by atoms with Gasteiger partial charge >= 0.3 is 0 Å². The van der Waals surface area contributed by atoms with E-state index in [-0.39, 0.29) is 24.2 Å². The van der Waals surface area contributed by atoms with E-state index in [0.29, 0.717) is 12.5 Å². The summed E-state index contributed by atoms with van der Waals surface area (Å²) in [5.74, 6) is -0.0867.